The summed E-state index contributed by atoms with van der Waals surface area (Å²) in [4.78, 5) is 0. The Morgan fingerprint density at radius 3 is 2.36 bits per heavy atom. The molecule has 0 aliphatic heterocycles. The molecule has 0 amide bonds. The van der Waals surface area contributed by atoms with Crippen LogP contribution in [0.1, 0.15) is 51.0 Å². The van der Waals surface area contributed by atoms with Crippen LogP contribution in [0.2, 0.25) is 0 Å². The van der Waals surface area contributed by atoms with Crippen molar-refractivity contribution in [1.29, 1.82) is 0 Å². The predicted molar refractivity (Wildman–Crippen MR) is 112 cm³/mol. The van der Waals surface area contributed by atoms with E-state index in [-0.39, 0.29) is 0 Å². The summed E-state index contributed by atoms with van der Waals surface area (Å²) in [5.74, 6) is 3.52. The van der Waals surface area contributed by atoms with Gasteiger partial charge in [-0.3, -0.25) is 0 Å². The van der Waals surface area contributed by atoms with E-state index in [2.05, 4.69) is 54.4 Å². The molecule has 4 heteroatoms. The zero-order valence-corrected chi connectivity index (χ0v) is 16.9. The number of ether oxygens (including phenoxy) is 1. The molecule has 28 heavy (non-hydrogen) atoms. The molecule has 147 valence electrons. The van der Waals surface area contributed by atoms with E-state index in [1.165, 1.54) is 17.9 Å². The minimum absolute atomic E-state index is 0.573. The molecule has 1 radical (unpaired) electrons. The largest absolute Gasteiger partial charge is 0.494 e. The number of aromatic nitrogens is 2. The maximum atomic E-state index is 5.82. The zero-order valence-electron chi connectivity index (χ0n) is 16.9. The van der Waals surface area contributed by atoms with Crippen LogP contribution in [-0.4, -0.2) is 16.8 Å². The summed E-state index contributed by atoms with van der Waals surface area (Å²) in [5.41, 5.74) is 2.33. The van der Waals surface area contributed by atoms with Crippen molar-refractivity contribution >= 4 is 0 Å². The SMILES string of the molecule is C[C](C)CCOc1ccc(-c2nnc(CCCCCc3ccccc3)o2)cc1. The van der Waals surface area contributed by atoms with Gasteiger partial charge in [0.15, 0.2) is 0 Å². The van der Waals surface area contributed by atoms with Crippen molar-refractivity contribution < 1.29 is 9.15 Å². The van der Waals surface area contributed by atoms with Gasteiger partial charge in [-0.25, -0.2) is 0 Å². The number of benzene rings is 2. The van der Waals surface area contributed by atoms with Gasteiger partial charge >= 0.3 is 0 Å². The molecule has 0 unspecified atom stereocenters. The Hall–Kier alpha value is -2.62. The molecule has 1 heterocycles. The summed E-state index contributed by atoms with van der Waals surface area (Å²) in [6.07, 6.45) is 6.33. The number of hydrogen-bond acceptors (Lipinski definition) is 4. The molecule has 0 saturated heterocycles. The van der Waals surface area contributed by atoms with Crippen LogP contribution in [0.15, 0.2) is 59.0 Å². The Labute approximate surface area is 168 Å². The zero-order chi connectivity index (χ0) is 19.6. The second-order valence-electron chi connectivity index (χ2n) is 7.38. The van der Waals surface area contributed by atoms with Crippen LogP contribution >= 0.6 is 0 Å². The summed E-state index contributed by atoms with van der Waals surface area (Å²) in [6.45, 7) is 4.93. The maximum Gasteiger partial charge on any atom is 0.247 e. The van der Waals surface area contributed by atoms with Gasteiger partial charge in [0, 0.05) is 12.0 Å². The van der Waals surface area contributed by atoms with Gasteiger partial charge in [0.1, 0.15) is 5.75 Å². The van der Waals surface area contributed by atoms with Gasteiger partial charge in [0.05, 0.1) is 6.61 Å². The molecule has 3 aromatic rings. The third-order valence-electron chi connectivity index (χ3n) is 4.64. The average Bonchev–Trinajstić information content (AvgIpc) is 3.18. The quantitative estimate of drug-likeness (QED) is 0.380. The van der Waals surface area contributed by atoms with Crippen molar-refractivity contribution in [2.45, 2.75) is 52.4 Å². The standard InChI is InChI=1S/C24H29N2O2/c1-19(2)17-18-27-22-15-13-21(14-16-22)24-26-25-23(28-24)12-8-4-7-11-20-9-5-3-6-10-20/h3,5-6,9-10,13-16H,4,7-8,11-12,17-18H2,1-2H3. The van der Waals surface area contributed by atoms with Crippen molar-refractivity contribution in [3.63, 3.8) is 0 Å². The fourth-order valence-corrected chi connectivity index (χ4v) is 2.96. The van der Waals surface area contributed by atoms with Gasteiger partial charge in [-0.15, -0.1) is 10.2 Å². The summed E-state index contributed by atoms with van der Waals surface area (Å²) in [6, 6.07) is 18.5. The average molecular weight is 378 g/mol. The van der Waals surface area contributed by atoms with Crippen molar-refractivity contribution in [2.24, 2.45) is 0 Å². The van der Waals surface area contributed by atoms with Gasteiger partial charge in [-0.2, -0.15) is 0 Å². The fraction of sp³-hybridized carbons (Fsp3) is 0.375. The molecule has 0 bridgehead atoms. The second-order valence-corrected chi connectivity index (χ2v) is 7.38. The molecule has 0 atom stereocenters. The Morgan fingerprint density at radius 2 is 1.61 bits per heavy atom. The van der Waals surface area contributed by atoms with Gasteiger partial charge in [-0.05, 0) is 61.4 Å². The molecule has 0 saturated carbocycles. The van der Waals surface area contributed by atoms with Gasteiger partial charge < -0.3 is 9.15 Å². The lowest BCUT2D eigenvalue weighted by Crippen LogP contribution is -1.99. The van der Waals surface area contributed by atoms with E-state index >= 15 is 0 Å². The Morgan fingerprint density at radius 1 is 0.857 bits per heavy atom. The van der Waals surface area contributed by atoms with Gasteiger partial charge in [-0.1, -0.05) is 50.6 Å². The molecule has 4 nitrogen and oxygen atoms in total. The topological polar surface area (TPSA) is 48.2 Å². The Bertz CT molecular complexity index is 810. The number of hydrogen-bond donors (Lipinski definition) is 0. The van der Waals surface area contributed by atoms with Crippen LogP contribution in [0.5, 0.6) is 5.75 Å². The van der Waals surface area contributed by atoms with Crippen molar-refractivity contribution in [3.8, 4) is 17.2 Å². The number of rotatable bonds is 11. The minimum atomic E-state index is 0.573. The second kappa shape index (κ2) is 10.6. The van der Waals surface area contributed by atoms with Crippen LogP contribution in [0.3, 0.4) is 0 Å². The van der Waals surface area contributed by atoms with Crippen LogP contribution in [0.4, 0.5) is 0 Å². The van der Waals surface area contributed by atoms with Crippen LogP contribution in [-0.2, 0) is 12.8 Å². The lowest BCUT2D eigenvalue weighted by molar-refractivity contribution is 0.315. The molecule has 2 aromatic carbocycles. The maximum absolute atomic E-state index is 5.82. The fourth-order valence-electron chi connectivity index (χ4n) is 2.96. The molecule has 0 aliphatic rings. The number of nitrogens with zero attached hydrogens (tertiary/aromatic N) is 2. The number of unbranched alkanes of at least 4 members (excludes halogenated alkanes) is 2. The predicted octanol–water partition coefficient (Wildman–Crippen LogP) is 6.08. The first-order chi connectivity index (χ1) is 13.7. The highest BCUT2D eigenvalue weighted by Gasteiger charge is 2.09. The molecule has 3 rings (SSSR count). The van der Waals surface area contributed by atoms with Crippen LogP contribution in [0, 0.1) is 5.92 Å². The normalized spacial score (nSPS) is 11.1. The molecule has 0 fully saturated rings. The lowest BCUT2D eigenvalue weighted by atomic mass is 10.1. The summed E-state index contributed by atoms with van der Waals surface area (Å²) in [5, 5.41) is 8.38. The molecule has 1 aromatic heterocycles. The monoisotopic (exact) mass is 377 g/mol. The molecular formula is C24H29N2O2. The third-order valence-corrected chi connectivity index (χ3v) is 4.64. The summed E-state index contributed by atoms with van der Waals surface area (Å²) >= 11 is 0. The van der Waals surface area contributed by atoms with E-state index < -0.39 is 0 Å². The highest BCUT2D eigenvalue weighted by atomic mass is 16.5. The van der Waals surface area contributed by atoms with Crippen LogP contribution < -0.4 is 4.74 Å². The summed E-state index contributed by atoms with van der Waals surface area (Å²) < 4.78 is 11.6. The van der Waals surface area contributed by atoms with E-state index in [1.54, 1.807) is 0 Å². The van der Waals surface area contributed by atoms with E-state index in [0.29, 0.717) is 18.4 Å². The summed E-state index contributed by atoms with van der Waals surface area (Å²) in [7, 11) is 0. The third kappa shape index (κ3) is 6.52. The van der Waals surface area contributed by atoms with Crippen molar-refractivity contribution in [3.05, 3.63) is 72.0 Å². The highest BCUT2D eigenvalue weighted by molar-refractivity contribution is 5.53. The van der Waals surface area contributed by atoms with Crippen molar-refractivity contribution in [1.82, 2.24) is 10.2 Å². The van der Waals surface area contributed by atoms with Crippen molar-refractivity contribution in [2.75, 3.05) is 6.61 Å². The first kappa shape index (κ1) is 20.1. The van der Waals surface area contributed by atoms with Gasteiger partial charge in [0.25, 0.3) is 0 Å². The molecule has 0 aliphatic carbocycles. The smallest absolute Gasteiger partial charge is 0.247 e. The lowest BCUT2D eigenvalue weighted by Gasteiger charge is -2.07. The van der Waals surface area contributed by atoms with E-state index in [1.807, 2.05) is 24.3 Å². The molecule has 0 N–H and O–H groups in total. The first-order valence-corrected chi connectivity index (χ1v) is 10.1. The van der Waals surface area contributed by atoms with E-state index in [4.69, 9.17) is 9.15 Å². The van der Waals surface area contributed by atoms with E-state index in [0.717, 1.165) is 43.4 Å². The highest BCUT2D eigenvalue weighted by Crippen LogP contribution is 2.22. The van der Waals surface area contributed by atoms with Gasteiger partial charge in [0.2, 0.25) is 11.8 Å². The first-order valence-electron chi connectivity index (χ1n) is 10.1. The molecule has 0 spiro atoms. The number of aryl methyl sites for hydroxylation is 2. The minimum Gasteiger partial charge on any atom is -0.494 e. The van der Waals surface area contributed by atoms with Crippen LogP contribution in [0.25, 0.3) is 11.5 Å². The van der Waals surface area contributed by atoms with E-state index in [9.17, 15) is 0 Å². The Kier molecular flexibility index (Phi) is 7.65. The molecular weight excluding hydrogens is 348 g/mol. The Balaban J connectivity index is 1.41.